The van der Waals surface area contributed by atoms with Crippen LogP contribution in [0.3, 0.4) is 0 Å². The number of hydrogen-bond donors (Lipinski definition) is 2. The Morgan fingerprint density at radius 3 is 2.22 bits per heavy atom. The Bertz CT molecular complexity index is 1300. The van der Waals surface area contributed by atoms with Gasteiger partial charge in [-0.15, -0.1) is 0 Å². The van der Waals surface area contributed by atoms with Crippen molar-refractivity contribution in [1.82, 2.24) is 0 Å². The van der Waals surface area contributed by atoms with Gasteiger partial charge in [0.2, 0.25) is 0 Å². The molecule has 2 N–H and O–H groups in total. The van der Waals surface area contributed by atoms with Crippen LogP contribution in [-0.4, -0.2) is 26.1 Å². The number of Topliss-reactive ketones (excluding diaryl/α,β-unsaturated/α-hetero) is 1. The molecular weight excluding hydrogens is 452 g/mol. The zero-order valence-corrected chi connectivity index (χ0v) is 21.1. The molecule has 1 aliphatic carbocycles. The standard InChI is InChI=1S/C30H32N2O4/c1-18(2)36-22-12-9-19(10-13-22)21-15-25-29(26(33)16-21)30(32-24-8-6-5-7-23(24)31-25)20-11-14-27(34-3)28(17-20)35-4/h5-14,17-18,21,30-32H,15-16H2,1-4H3. The summed E-state index contributed by atoms with van der Waals surface area (Å²) in [6, 6.07) is 21.7. The lowest BCUT2D eigenvalue weighted by molar-refractivity contribution is -0.116. The molecule has 3 aromatic carbocycles. The molecule has 2 aliphatic rings. The molecule has 186 valence electrons. The van der Waals surface area contributed by atoms with Crippen molar-refractivity contribution in [2.75, 3.05) is 24.9 Å². The van der Waals surface area contributed by atoms with Gasteiger partial charge in [-0.1, -0.05) is 30.3 Å². The molecule has 0 fully saturated rings. The third-order valence-electron chi connectivity index (χ3n) is 6.77. The molecule has 2 unspecified atom stereocenters. The zero-order valence-electron chi connectivity index (χ0n) is 21.1. The summed E-state index contributed by atoms with van der Waals surface area (Å²) in [6.07, 6.45) is 1.31. The van der Waals surface area contributed by atoms with Crippen molar-refractivity contribution < 1.29 is 19.0 Å². The molecule has 0 amide bonds. The number of fused-ring (bicyclic) bond motifs is 1. The molecule has 6 heteroatoms. The molecule has 2 atom stereocenters. The highest BCUT2D eigenvalue weighted by Gasteiger charge is 2.36. The molecule has 0 saturated carbocycles. The highest BCUT2D eigenvalue weighted by molar-refractivity contribution is 6.01. The van der Waals surface area contributed by atoms with Gasteiger partial charge in [0.15, 0.2) is 17.3 Å². The summed E-state index contributed by atoms with van der Waals surface area (Å²) in [4.78, 5) is 13.8. The van der Waals surface area contributed by atoms with Crippen LogP contribution in [-0.2, 0) is 4.79 Å². The lowest BCUT2D eigenvalue weighted by atomic mass is 9.78. The van der Waals surface area contributed by atoms with Crippen LogP contribution < -0.4 is 24.8 Å². The number of hydrogen-bond acceptors (Lipinski definition) is 6. The van der Waals surface area contributed by atoms with E-state index in [1.165, 1.54) is 0 Å². The third kappa shape index (κ3) is 4.63. The van der Waals surface area contributed by atoms with Crippen LogP contribution in [0.2, 0.25) is 0 Å². The molecule has 0 bridgehead atoms. The van der Waals surface area contributed by atoms with Crippen molar-refractivity contribution in [2.45, 2.75) is 44.8 Å². The average Bonchev–Trinajstić information content (AvgIpc) is 3.05. The smallest absolute Gasteiger partial charge is 0.163 e. The number of rotatable bonds is 6. The van der Waals surface area contributed by atoms with E-state index in [2.05, 4.69) is 22.8 Å². The maximum atomic E-state index is 13.8. The monoisotopic (exact) mass is 484 g/mol. The molecule has 3 aromatic rings. The van der Waals surface area contributed by atoms with Crippen LogP contribution >= 0.6 is 0 Å². The minimum absolute atomic E-state index is 0.0909. The fourth-order valence-corrected chi connectivity index (χ4v) is 5.10. The minimum atomic E-state index is -0.314. The van der Waals surface area contributed by atoms with Crippen molar-refractivity contribution in [3.8, 4) is 17.2 Å². The number of anilines is 2. The van der Waals surface area contributed by atoms with Crippen molar-refractivity contribution in [1.29, 1.82) is 0 Å². The lowest BCUT2D eigenvalue weighted by Gasteiger charge is -2.30. The third-order valence-corrected chi connectivity index (χ3v) is 6.77. The number of carbonyl (C=O) groups excluding carboxylic acids is 1. The average molecular weight is 485 g/mol. The molecule has 36 heavy (non-hydrogen) atoms. The highest BCUT2D eigenvalue weighted by atomic mass is 16.5. The number of allylic oxidation sites excluding steroid dienone is 1. The maximum absolute atomic E-state index is 13.8. The summed E-state index contributed by atoms with van der Waals surface area (Å²) in [5.74, 6) is 2.36. The number of para-hydroxylation sites is 2. The fourth-order valence-electron chi connectivity index (χ4n) is 5.10. The van der Waals surface area contributed by atoms with Gasteiger partial charge in [-0.3, -0.25) is 4.79 Å². The second kappa shape index (κ2) is 9.97. The van der Waals surface area contributed by atoms with Gasteiger partial charge in [-0.2, -0.15) is 0 Å². The first-order chi connectivity index (χ1) is 17.5. The summed E-state index contributed by atoms with van der Waals surface area (Å²) in [6.45, 7) is 4.03. The Morgan fingerprint density at radius 2 is 1.53 bits per heavy atom. The predicted molar refractivity (Wildman–Crippen MR) is 142 cm³/mol. The Morgan fingerprint density at radius 1 is 0.833 bits per heavy atom. The van der Waals surface area contributed by atoms with E-state index in [-0.39, 0.29) is 23.8 Å². The van der Waals surface area contributed by atoms with E-state index in [1.807, 2.05) is 68.4 Å². The van der Waals surface area contributed by atoms with E-state index in [9.17, 15) is 4.79 Å². The first kappa shape index (κ1) is 23.8. The van der Waals surface area contributed by atoms with Crippen LogP contribution in [0.5, 0.6) is 17.2 Å². The normalized spacial score (nSPS) is 19.0. The summed E-state index contributed by atoms with van der Waals surface area (Å²) < 4.78 is 16.8. The minimum Gasteiger partial charge on any atom is -0.493 e. The number of nitrogens with one attached hydrogen (secondary N) is 2. The highest BCUT2D eigenvalue weighted by Crippen LogP contribution is 2.45. The topological polar surface area (TPSA) is 68.8 Å². The first-order valence-corrected chi connectivity index (χ1v) is 12.3. The molecule has 0 saturated heterocycles. The summed E-state index contributed by atoms with van der Waals surface area (Å²) in [5.41, 5.74) is 5.72. The molecule has 0 spiro atoms. The van der Waals surface area contributed by atoms with Crippen LogP contribution in [0, 0.1) is 0 Å². The van der Waals surface area contributed by atoms with Crippen molar-refractivity contribution in [2.24, 2.45) is 0 Å². The van der Waals surface area contributed by atoms with Gasteiger partial charge in [0, 0.05) is 17.7 Å². The molecule has 1 aliphatic heterocycles. The van der Waals surface area contributed by atoms with E-state index in [0.717, 1.165) is 45.9 Å². The van der Waals surface area contributed by atoms with Crippen LogP contribution in [0.1, 0.15) is 49.8 Å². The van der Waals surface area contributed by atoms with Crippen molar-refractivity contribution in [3.63, 3.8) is 0 Å². The lowest BCUT2D eigenvalue weighted by Crippen LogP contribution is -2.26. The first-order valence-electron chi connectivity index (χ1n) is 12.3. The Hall–Kier alpha value is -3.93. The largest absolute Gasteiger partial charge is 0.493 e. The maximum Gasteiger partial charge on any atom is 0.163 e. The van der Waals surface area contributed by atoms with Gasteiger partial charge in [0.25, 0.3) is 0 Å². The molecule has 5 rings (SSSR count). The second-order valence-corrected chi connectivity index (χ2v) is 9.52. The number of benzene rings is 3. The van der Waals surface area contributed by atoms with Crippen LogP contribution in [0.4, 0.5) is 11.4 Å². The van der Waals surface area contributed by atoms with Gasteiger partial charge >= 0.3 is 0 Å². The summed E-state index contributed by atoms with van der Waals surface area (Å²) in [7, 11) is 3.24. The molecule has 0 aromatic heterocycles. The van der Waals surface area contributed by atoms with E-state index in [0.29, 0.717) is 17.9 Å². The van der Waals surface area contributed by atoms with Crippen molar-refractivity contribution in [3.05, 3.63) is 89.1 Å². The van der Waals surface area contributed by atoms with Gasteiger partial charge < -0.3 is 24.8 Å². The molecule has 0 radical (unpaired) electrons. The van der Waals surface area contributed by atoms with Gasteiger partial charge in [0.05, 0.1) is 37.7 Å². The predicted octanol–water partition coefficient (Wildman–Crippen LogP) is 6.47. The quantitative estimate of drug-likeness (QED) is 0.418. The van der Waals surface area contributed by atoms with E-state index < -0.39 is 0 Å². The van der Waals surface area contributed by atoms with Gasteiger partial charge in [-0.05, 0) is 73.7 Å². The molecule has 1 heterocycles. The van der Waals surface area contributed by atoms with Crippen LogP contribution in [0.25, 0.3) is 0 Å². The fraction of sp³-hybridized carbons (Fsp3) is 0.300. The van der Waals surface area contributed by atoms with Crippen LogP contribution in [0.15, 0.2) is 78.0 Å². The molecule has 6 nitrogen and oxygen atoms in total. The number of ether oxygens (including phenoxy) is 3. The number of carbonyl (C=O) groups is 1. The van der Waals surface area contributed by atoms with E-state index in [4.69, 9.17) is 14.2 Å². The number of ketones is 1. The van der Waals surface area contributed by atoms with Gasteiger partial charge in [-0.25, -0.2) is 0 Å². The SMILES string of the molecule is COc1ccc(C2Nc3ccccc3NC3=C2C(=O)CC(c2ccc(OC(C)C)cc2)C3)cc1OC. The Balaban J connectivity index is 1.54. The number of methoxy groups -OCH3 is 2. The molecular formula is C30H32N2O4. The van der Waals surface area contributed by atoms with E-state index in [1.54, 1.807) is 14.2 Å². The zero-order chi connectivity index (χ0) is 25.2. The van der Waals surface area contributed by atoms with E-state index >= 15 is 0 Å². The summed E-state index contributed by atoms with van der Waals surface area (Å²) in [5, 5.41) is 7.22. The Kier molecular flexibility index (Phi) is 6.59. The summed E-state index contributed by atoms with van der Waals surface area (Å²) >= 11 is 0. The van der Waals surface area contributed by atoms with Crippen molar-refractivity contribution >= 4 is 17.2 Å². The second-order valence-electron chi connectivity index (χ2n) is 9.52. The van der Waals surface area contributed by atoms with Gasteiger partial charge in [0.1, 0.15) is 5.75 Å². The Labute approximate surface area is 212 Å².